The van der Waals surface area contributed by atoms with Gasteiger partial charge in [0.15, 0.2) is 0 Å². The van der Waals surface area contributed by atoms with Crippen LogP contribution in [0.1, 0.15) is 5.56 Å². The topological polar surface area (TPSA) is 41.1 Å². The highest BCUT2D eigenvalue weighted by Gasteiger charge is 2.30. The lowest BCUT2D eigenvalue weighted by Gasteiger charge is -2.10. The number of hydrogen-bond donors (Lipinski definition) is 2. The van der Waals surface area contributed by atoms with Crippen LogP contribution in [0.3, 0.4) is 0 Å². The molecule has 0 unspecified atom stereocenters. The summed E-state index contributed by atoms with van der Waals surface area (Å²) in [7, 11) is 0. The lowest BCUT2D eigenvalue weighted by atomic mass is 10.2. The molecule has 0 aliphatic rings. The Balaban J connectivity index is 1.93. The zero-order chi connectivity index (χ0) is 16.2. The molecule has 0 saturated carbocycles. The zero-order valence-corrected chi connectivity index (χ0v) is 11.2. The molecule has 2 aromatic carbocycles. The molecule has 0 atom stereocenters. The first kappa shape index (κ1) is 15.8. The van der Waals surface area contributed by atoms with E-state index in [1.54, 1.807) is 0 Å². The molecule has 0 bridgehead atoms. The van der Waals surface area contributed by atoms with Gasteiger partial charge < -0.3 is 10.6 Å². The van der Waals surface area contributed by atoms with Gasteiger partial charge >= 0.3 is 6.18 Å². The Morgan fingerprint density at radius 3 is 2.32 bits per heavy atom. The van der Waals surface area contributed by atoms with Gasteiger partial charge in [-0.25, -0.2) is 4.39 Å². The van der Waals surface area contributed by atoms with E-state index in [2.05, 4.69) is 10.6 Å². The van der Waals surface area contributed by atoms with E-state index in [1.807, 2.05) is 0 Å². The summed E-state index contributed by atoms with van der Waals surface area (Å²) >= 11 is 0. The lowest BCUT2D eigenvalue weighted by Crippen LogP contribution is -2.22. The number of carbonyl (C=O) groups excluding carboxylic acids is 1. The number of hydrogen-bond acceptors (Lipinski definition) is 2. The normalized spacial score (nSPS) is 11.1. The van der Waals surface area contributed by atoms with Gasteiger partial charge in [-0.1, -0.05) is 6.07 Å². The van der Waals surface area contributed by atoms with Crippen molar-refractivity contribution < 1.29 is 22.4 Å². The summed E-state index contributed by atoms with van der Waals surface area (Å²) in [6, 6.07) is 9.72. The van der Waals surface area contributed by atoms with Crippen molar-refractivity contribution in [2.75, 3.05) is 17.2 Å². The van der Waals surface area contributed by atoms with E-state index in [9.17, 15) is 22.4 Å². The van der Waals surface area contributed by atoms with Crippen molar-refractivity contribution in [2.45, 2.75) is 6.18 Å². The molecule has 3 nitrogen and oxygen atoms in total. The van der Waals surface area contributed by atoms with Crippen LogP contribution in [0.4, 0.5) is 28.9 Å². The van der Waals surface area contributed by atoms with Gasteiger partial charge in [-0.15, -0.1) is 0 Å². The molecule has 7 heteroatoms. The largest absolute Gasteiger partial charge is 0.416 e. The molecular weight excluding hydrogens is 300 g/mol. The Labute approximate surface area is 124 Å². The SMILES string of the molecule is O=C(CNc1ccc(F)cc1)Nc1cccc(C(F)(F)F)c1. The van der Waals surface area contributed by atoms with Crippen molar-refractivity contribution in [1.82, 2.24) is 0 Å². The molecule has 0 heterocycles. The van der Waals surface area contributed by atoms with Crippen molar-refractivity contribution in [3.05, 3.63) is 59.9 Å². The van der Waals surface area contributed by atoms with Crippen molar-refractivity contribution in [3.63, 3.8) is 0 Å². The minimum atomic E-state index is -4.47. The number of benzene rings is 2. The molecule has 22 heavy (non-hydrogen) atoms. The van der Waals surface area contributed by atoms with Crippen LogP contribution in [0, 0.1) is 5.82 Å². The quantitative estimate of drug-likeness (QED) is 0.841. The highest BCUT2D eigenvalue weighted by atomic mass is 19.4. The molecule has 0 aliphatic carbocycles. The second-order valence-electron chi connectivity index (χ2n) is 4.49. The Kier molecular flexibility index (Phi) is 4.65. The summed E-state index contributed by atoms with van der Waals surface area (Å²) < 4.78 is 50.4. The summed E-state index contributed by atoms with van der Waals surface area (Å²) in [5.41, 5.74) is -0.252. The third kappa shape index (κ3) is 4.47. The van der Waals surface area contributed by atoms with E-state index in [-0.39, 0.29) is 12.2 Å². The third-order valence-corrected chi connectivity index (χ3v) is 2.77. The summed E-state index contributed by atoms with van der Waals surface area (Å²) in [6.45, 7) is -0.151. The Morgan fingerprint density at radius 2 is 1.68 bits per heavy atom. The van der Waals surface area contributed by atoms with Crippen molar-refractivity contribution in [3.8, 4) is 0 Å². The fraction of sp³-hybridized carbons (Fsp3) is 0.133. The van der Waals surface area contributed by atoms with E-state index in [4.69, 9.17) is 0 Å². The number of nitrogens with one attached hydrogen (secondary N) is 2. The third-order valence-electron chi connectivity index (χ3n) is 2.77. The monoisotopic (exact) mass is 312 g/mol. The molecule has 1 amide bonds. The van der Waals surface area contributed by atoms with Crippen LogP contribution >= 0.6 is 0 Å². The van der Waals surface area contributed by atoms with E-state index in [0.717, 1.165) is 12.1 Å². The Hall–Kier alpha value is -2.57. The Morgan fingerprint density at radius 1 is 1.00 bits per heavy atom. The first-order valence-corrected chi connectivity index (χ1v) is 6.31. The average molecular weight is 312 g/mol. The van der Waals surface area contributed by atoms with Gasteiger partial charge in [-0.3, -0.25) is 4.79 Å². The predicted molar refractivity (Wildman–Crippen MR) is 75.0 cm³/mol. The molecule has 0 radical (unpaired) electrons. The number of alkyl halides is 3. The zero-order valence-electron chi connectivity index (χ0n) is 11.2. The number of anilines is 2. The molecule has 0 spiro atoms. The highest BCUT2D eigenvalue weighted by molar-refractivity contribution is 5.93. The van der Waals surface area contributed by atoms with Gasteiger partial charge in [-0.2, -0.15) is 13.2 Å². The number of halogens is 4. The maximum atomic E-state index is 12.7. The second kappa shape index (κ2) is 6.46. The Bertz CT molecular complexity index is 653. The first-order chi connectivity index (χ1) is 10.3. The van der Waals surface area contributed by atoms with Gasteiger partial charge in [0.25, 0.3) is 0 Å². The van der Waals surface area contributed by atoms with Crippen LogP contribution in [0.2, 0.25) is 0 Å². The first-order valence-electron chi connectivity index (χ1n) is 6.31. The molecular formula is C15H12F4N2O. The van der Waals surface area contributed by atoms with Crippen molar-refractivity contribution in [2.24, 2.45) is 0 Å². The molecule has 0 aromatic heterocycles. The van der Waals surface area contributed by atoms with Crippen molar-refractivity contribution >= 4 is 17.3 Å². The summed E-state index contributed by atoms with van der Waals surface area (Å²) in [5.74, 6) is -0.914. The maximum absolute atomic E-state index is 12.7. The minimum absolute atomic E-state index is 0.0562. The van der Waals surface area contributed by atoms with Gasteiger partial charge in [0.05, 0.1) is 12.1 Å². The molecule has 2 aromatic rings. The highest BCUT2D eigenvalue weighted by Crippen LogP contribution is 2.30. The van der Waals surface area contributed by atoms with Crippen LogP contribution in [-0.4, -0.2) is 12.5 Å². The van der Waals surface area contributed by atoms with Gasteiger partial charge in [-0.05, 0) is 42.5 Å². The van der Waals surface area contributed by atoms with Crippen LogP contribution in [0.15, 0.2) is 48.5 Å². The van der Waals surface area contributed by atoms with Crippen LogP contribution in [-0.2, 0) is 11.0 Å². The average Bonchev–Trinajstić information content (AvgIpc) is 2.46. The molecule has 2 N–H and O–H groups in total. The van der Waals surface area contributed by atoms with Crippen molar-refractivity contribution in [1.29, 1.82) is 0 Å². The minimum Gasteiger partial charge on any atom is -0.376 e. The molecule has 0 aliphatic heterocycles. The van der Waals surface area contributed by atoms with Gasteiger partial charge in [0, 0.05) is 11.4 Å². The van der Waals surface area contributed by atoms with E-state index in [0.29, 0.717) is 5.69 Å². The van der Waals surface area contributed by atoms with Gasteiger partial charge in [0.2, 0.25) is 5.91 Å². The van der Waals surface area contributed by atoms with Gasteiger partial charge in [0.1, 0.15) is 5.82 Å². The number of rotatable bonds is 4. The van der Waals surface area contributed by atoms with Crippen LogP contribution < -0.4 is 10.6 Å². The maximum Gasteiger partial charge on any atom is 0.416 e. The smallest absolute Gasteiger partial charge is 0.376 e. The molecule has 2 rings (SSSR count). The second-order valence-corrected chi connectivity index (χ2v) is 4.49. The summed E-state index contributed by atoms with van der Waals surface area (Å²) in [5, 5.41) is 5.10. The predicted octanol–water partition coefficient (Wildman–Crippen LogP) is 3.90. The summed E-state index contributed by atoms with van der Waals surface area (Å²) in [4.78, 5) is 11.7. The van der Waals surface area contributed by atoms with Crippen LogP contribution in [0.25, 0.3) is 0 Å². The molecule has 116 valence electrons. The fourth-order valence-corrected chi connectivity index (χ4v) is 1.73. The number of amides is 1. The van der Waals surface area contributed by atoms with E-state index in [1.165, 1.54) is 36.4 Å². The number of carbonyl (C=O) groups is 1. The lowest BCUT2D eigenvalue weighted by molar-refractivity contribution is -0.137. The standard InChI is InChI=1S/C15H12F4N2O/c16-11-4-6-12(7-5-11)20-9-14(22)21-13-3-1-2-10(8-13)15(17,18)19/h1-8,20H,9H2,(H,21,22). The summed E-state index contributed by atoms with van der Waals surface area (Å²) in [6.07, 6.45) is -4.47. The van der Waals surface area contributed by atoms with Crippen LogP contribution in [0.5, 0.6) is 0 Å². The fourth-order valence-electron chi connectivity index (χ4n) is 1.73. The van der Waals surface area contributed by atoms with E-state index < -0.39 is 23.5 Å². The molecule has 0 fully saturated rings. The molecule has 0 saturated heterocycles. The van der Waals surface area contributed by atoms with E-state index >= 15 is 0 Å².